The number of carbonyl (C=O) groups excluding carboxylic acids is 1. The molecule has 1 amide bonds. The van der Waals surface area contributed by atoms with Crippen LogP contribution in [0.1, 0.15) is 55.8 Å². The number of aryl methyl sites for hydroxylation is 2. The number of rotatable bonds is 5. The van der Waals surface area contributed by atoms with E-state index >= 15 is 0 Å². The summed E-state index contributed by atoms with van der Waals surface area (Å²) in [6.07, 6.45) is 8.49. The van der Waals surface area contributed by atoms with E-state index in [9.17, 15) is 15.0 Å². The molecule has 0 radical (unpaired) electrons. The minimum atomic E-state index is -0.987. The lowest BCUT2D eigenvalue weighted by molar-refractivity contribution is -0.137. The lowest BCUT2D eigenvalue weighted by atomic mass is 9.57. The number of piperidine rings is 1. The van der Waals surface area contributed by atoms with Gasteiger partial charge < -0.3 is 19.7 Å². The monoisotopic (exact) mass is 466 g/mol. The fourth-order valence-corrected chi connectivity index (χ4v) is 6.56. The quantitative estimate of drug-likeness (QED) is 0.708. The molecule has 1 aromatic heterocycles. The van der Waals surface area contributed by atoms with Crippen LogP contribution in [0, 0.1) is 12.8 Å². The van der Waals surface area contributed by atoms with Gasteiger partial charge in [-0.15, -0.1) is 0 Å². The van der Waals surface area contributed by atoms with Crippen LogP contribution in [0.5, 0.6) is 5.75 Å². The fraction of sp³-hybridized carbons (Fsp3) is 0.630. The number of fused-ring (bicyclic) bond motifs is 1. The number of aromatic nitrogens is 2. The first kappa shape index (κ1) is 23.4. The van der Waals surface area contributed by atoms with Crippen molar-refractivity contribution in [3.8, 4) is 5.75 Å². The van der Waals surface area contributed by atoms with Gasteiger partial charge in [-0.3, -0.25) is 9.69 Å². The van der Waals surface area contributed by atoms with Crippen molar-refractivity contribution >= 4 is 5.91 Å². The predicted molar refractivity (Wildman–Crippen MR) is 131 cm³/mol. The molecule has 184 valence electrons. The van der Waals surface area contributed by atoms with Crippen molar-refractivity contribution in [2.24, 2.45) is 13.0 Å². The summed E-state index contributed by atoms with van der Waals surface area (Å²) in [5.74, 6) is 1.05. The van der Waals surface area contributed by atoms with Crippen LogP contribution in [0.25, 0.3) is 0 Å². The Morgan fingerprint density at radius 1 is 1.18 bits per heavy atom. The summed E-state index contributed by atoms with van der Waals surface area (Å²) in [4.78, 5) is 22.0. The summed E-state index contributed by atoms with van der Waals surface area (Å²) >= 11 is 0. The van der Waals surface area contributed by atoms with Gasteiger partial charge in [0.15, 0.2) is 0 Å². The van der Waals surface area contributed by atoms with E-state index < -0.39 is 11.0 Å². The number of amides is 1. The maximum Gasteiger partial charge on any atom is 0.228 e. The van der Waals surface area contributed by atoms with Gasteiger partial charge in [0.05, 0.1) is 24.0 Å². The van der Waals surface area contributed by atoms with Crippen LogP contribution in [-0.2, 0) is 23.7 Å². The number of hydrogen-bond donors (Lipinski definition) is 2. The van der Waals surface area contributed by atoms with Gasteiger partial charge in [-0.05, 0) is 81.7 Å². The molecule has 1 saturated carbocycles. The van der Waals surface area contributed by atoms with Crippen LogP contribution in [0.4, 0.5) is 0 Å². The average molecular weight is 467 g/mol. The van der Waals surface area contributed by atoms with Crippen molar-refractivity contribution in [3.63, 3.8) is 0 Å². The molecule has 2 saturated heterocycles. The molecule has 3 fully saturated rings. The molecular formula is C27H38N4O3. The first-order chi connectivity index (χ1) is 16.2. The molecular weight excluding hydrogens is 428 g/mol. The second kappa shape index (κ2) is 8.68. The van der Waals surface area contributed by atoms with Crippen LogP contribution in [-0.4, -0.2) is 73.3 Å². The SMILES string of the molecule is Cc1ccc(O)cc1C12CCN(C(=O)Cc3cn(C)cn3)CCC1(O)C(C)N(CC1CC1)CC2. The van der Waals surface area contributed by atoms with Gasteiger partial charge in [-0.1, -0.05) is 6.07 Å². The van der Waals surface area contributed by atoms with E-state index in [2.05, 4.69) is 23.7 Å². The van der Waals surface area contributed by atoms with Gasteiger partial charge in [-0.25, -0.2) is 4.98 Å². The average Bonchev–Trinajstić information content (AvgIpc) is 3.56. The van der Waals surface area contributed by atoms with Gasteiger partial charge in [0.1, 0.15) is 5.75 Å². The molecule has 0 bridgehead atoms. The van der Waals surface area contributed by atoms with E-state index in [-0.39, 0.29) is 24.1 Å². The van der Waals surface area contributed by atoms with Crippen molar-refractivity contribution in [3.05, 3.63) is 47.5 Å². The number of imidazole rings is 1. The highest BCUT2D eigenvalue weighted by molar-refractivity contribution is 5.78. The van der Waals surface area contributed by atoms with Crippen molar-refractivity contribution in [2.45, 2.75) is 69.4 Å². The molecule has 2 aromatic rings. The lowest BCUT2D eigenvalue weighted by Crippen LogP contribution is -2.68. The molecule has 5 rings (SSSR count). The highest BCUT2D eigenvalue weighted by atomic mass is 16.3. The van der Waals surface area contributed by atoms with E-state index in [1.807, 2.05) is 34.8 Å². The number of aromatic hydroxyl groups is 1. The van der Waals surface area contributed by atoms with Crippen LogP contribution >= 0.6 is 0 Å². The second-order valence-electron chi connectivity index (χ2n) is 11.0. The molecule has 1 aromatic carbocycles. The smallest absolute Gasteiger partial charge is 0.228 e. The van der Waals surface area contributed by atoms with E-state index in [1.54, 1.807) is 12.4 Å². The first-order valence-electron chi connectivity index (χ1n) is 12.7. The Bertz CT molecular complexity index is 1060. The zero-order valence-electron chi connectivity index (χ0n) is 20.7. The highest BCUT2D eigenvalue weighted by Gasteiger charge is 2.59. The molecule has 2 N–H and O–H groups in total. The molecule has 3 aliphatic rings. The Morgan fingerprint density at radius 3 is 2.62 bits per heavy atom. The Kier molecular flexibility index (Phi) is 5.97. The Hall–Kier alpha value is -2.38. The number of phenols is 1. The third-order valence-corrected chi connectivity index (χ3v) is 8.83. The summed E-state index contributed by atoms with van der Waals surface area (Å²) < 4.78 is 1.86. The third kappa shape index (κ3) is 4.03. The van der Waals surface area contributed by atoms with Crippen molar-refractivity contribution in [1.29, 1.82) is 0 Å². The molecule has 7 heteroatoms. The van der Waals surface area contributed by atoms with Gasteiger partial charge in [0, 0.05) is 44.3 Å². The second-order valence-corrected chi connectivity index (χ2v) is 11.0. The van der Waals surface area contributed by atoms with Gasteiger partial charge in [0.2, 0.25) is 5.91 Å². The summed E-state index contributed by atoms with van der Waals surface area (Å²) in [5.41, 5.74) is 1.41. The van der Waals surface area contributed by atoms with Crippen molar-refractivity contribution in [2.75, 3.05) is 26.2 Å². The normalized spacial score (nSPS) is 30.1. The molecule has 3 unspecified atom stereocenters. The molecule has 2 aliphatic heterocycles. The molecule has 1 aliphatic carbocycles. The molecule has 34 heavy (non-hydrogen) atoms. The van der Waals surface area contributed by atoms with Crippen LogP contribution in [0.15, 0.2) is 30.7 Å². The van der Waals surface area contributed by atoms with Crippen molar-refractivity contribution < 1.29 is 15.0 Å². The summed E-state index contributed by atoms with van der Waals surface area (Å²) in [5, 5.41) is 23.0. The summed E-state index contributed by atoms with van der Waals surface area (Å²) in [6.45, 7) is 7.33. The maximum absolute atomic E-state index is 13.2. The number of aliphatic hydroxyl groups is 1. The third-order valence-electron chi connectivity index (χ3n) is 8.83. The number of benzene rings is 1. The minimum Gasteiger partial charge on any atom is -0.508 e. The van der Waals surface area contributed by atoms with Gasteiger partial charge in [-0.2, -0.15) is 0 Å². The standard InChI is InChI=1S/C27H38N4O3/c1-19-4-7-23(32)15-24(19)26-8-11-30(25(33)14-22-17-29(3)18-28-22)13-10-27(26,34)20(2)31(12-9-26)16-21-5-6-21/h4,7,15,17-18,20-21,32,34H,5-6,8-14,16H2,1-3H3. The number of likely N-dealkylation sites (tertiary alicyclic amines) is 2. The van der Waals surface area contributed by atoms with E-state index in [0.717, 1.165) is 42.2 Å². The number of hydrogen-bond acceptors (Lipinski definition) is 5. The molecule has 3 heterocycles. The van der Waals surface area contributed by atoms with Crippen LogP contribution in [0.2, 0.25) is 0 Å². The minimum absolute atomic E-state index is 0.0190. The zero-order valence-corrected chi connectivity index (χ0v) is 20.7. The van der Waals surface area contributed by atoms with E-state index in [4.69, 9.17) is 0 Å². The summed E-state index contributed by atoms with van der Waals surface area (Å²) in [6, 6.07) is 5.51. The van der Waals surface area contributed by atoms with E-state index in [0.29, 0.717) is 25.9 Å². The molecule has 3 atom stereocenters. The van der Waals surface area contributed by atoms with Crippen LogP contribution < -0.4 is 0 Å². The largest absolute Gasteiger partial charge is 0.508 e. The van der Waals surface area contributed by atoms with Crippen LogP contribution in [0.3, 0.4) is 0 Å². The Morgan fingerprint density at radius 2 is 1.91 bits per heavy atom. The highest BCUT2D eigenvalue weighted by Crippen LogP contribution is 2.53. The zero-order chi connectivity index (χ0) is 24.1. The molecule has 0 spiro atoms. The lowest BCUT2D eigenvalue weighted by Gasteiger charge is -2.57. The predicted octanol–water partition coefficient (Wildman–Crippen LogP) is 2.77. The number of phenolic OH excluding ortho intramolecular Hbond substituents is 1. The van der Waals surface area contributed by atoms with Crippen molar-refractivity contribution in [1.82, 2.24) is 19.4 Å². The maximum atomic E-state index is 13.2. The van der Waals surface area contributed by atoms with Gasteiger partial charge >= 0.3 is 0 Å². The van der Waals surface area contributed by atoms with Gasteiger partial charge in [0.25, 0.3) is 0 Å². The fourth-order valence-electron chi connectivity index (χ4n) is 6.56. The Balaban J connectivity index is 1.48. The summed E-state index contributed by atoms with van der Waals surface area (Å²) in [7, 11) is 1.91. The van der Waals surface area contributed by atoms with E-state index in [1.165, 1.54) is 12.8 Å². The Labute approximate surface area is 202 Å². The molecule has 7 nitrogen and oxygen atoms in total. The topological polar surface area (TPSA) is 81.8 Å². The first-order valence-corrected chi connectivity index (χ1v) is 12.7. The number of carbonyl (C=O) groups is 1. The number of nitrogens with zero attached hydrogens (tertiary/aromatic N) is 4.